The summed E-state index contributed by atoms with van der Waals surface area (Å²) in [5.74, 6) is 0. The molecule has 0 saturated heterocycles. The molecular formula is C14H10N4O. The number of hydrogen-bond donors (Lipinski definition) is 1. The number of H-pyrrole nitrogens is 1. The van der Waals surface area contributed by atoms with Crippen molar-refractivity contribution < 1.29 is 4.52 Å². The number of fused-ring (bicyclic) bond motifs is 3. The molecule has 4 aromatic rings. The normalized spacial score (nSPS) is 11.4. The predicted molar refractivity (Wildman–Crippen MR) is 71.6 cm³/mol. The molecule has 3 aromatic heterocycles. The van der Waals surface area contributed by atoms with E-state index >= 15 is 0 Å². The van der Waals surface area contributed by atoms with E-state index in [4.69, 9.17) is 4.52 Å². The summed E-state index contributed by atoms with van der Waals surface area (Å²) in [6.07, 6.45) is 3.41. The Labute approximate surface area is 108 Å². The molecule has 0 bridgehead atoms. The lowest BCUT2D eigenvalue weighted by atomic mass is 10.1. The Balaban J connectivity index is 2.14. The minimum Gasteiger partial charge on any atom is -0.355 e. The molecule has 3 heterocycles. The van der Waals surface area contributed by atoms with Gasteiger partial charge in [-0.3, -0.25) is 5.10 Å². The van der Waals surface area contributed by atoms with Crippen LogP contribution >= 0.6 is 0 Å². The monoisotopic (exact) mass is 250 g/mol. The zero-order valence-corrected chi connectivity index (χ0v) is 10.2. The summed E-state index contributed by atoms with van der Waals surface area (Å²) in [5.41, 5.74) is 4.52. The fourth-order valence-electron chi connectivity index (χ4n) is 2.32. The number of aromatic amines is 1. The highest BCUT2D eigenvalue weighted by molar-refractivity contribution is 6.06. The first-order valence-electron chi connectivity index (χ1n) is 5.97. The molecule has 92 valence electrons. The molecule has 0 atom stereocenters. The number of nitrogens with zero attached hydrogens (tertiary/aromatic N) is 3. The smallest absolute Gasteiger partial charge is 0.181 e. The van der Waals surface area contributed by atoms with Gasteiger partial charge in [0.1, 0.15) is 0 Å². The molecule has 5 heteroatoms. The molecule has 0 spiro atoms. The van der Waals surface area contributed by atoms with E-state index in [0.717, 1.165) is 27.6 Å². The third-order valence-electron chi connectivity index (χ3n) is 3.20. The molecule has 0 amide bonds. The highest BCUT2D eigenvalue weighted by Gasteiger charge is 2.14. The van der Waals surface area contributed by atoms with Crippen molar-refractivity contribution in [3.8, 4) is 11.3 Å². The van der Waals surface area contributed by atoms with Crippen LogP contribution < -0.4 is 0 Å². The fraction of sp³-hybridized carbons (Fsp3) is 0.0714. The van der Waals surface area contributed by atoms with Crippen molar-refractivity contribution in [3.05, 3.63) is 42.2 Å². The summed E-state index contributed by atoms with van der Waals surface area (Å²) in [6, 6.07) is 8.20. The van der Waals surface area contributed by atoms with Gasteiger partial charge in [-0.15, -0.1) is 0 Å². The van der Waals surface area contributed by atoms with Gasteiger partial charge in [-0.05, 0) is 13.0 Å². The van der Waals surface area contributed by atoms with Gasteiger partial charge in [0.2, 0.25) is 0 Å². The van der Waals surface area contributed by atoms with Gasteiger partial charge >= 0.3 is 0 Å². The third kappa shape index (κ3) is 1.45. The molecule has 1 aromatic carbocycles. The van der Waals surface area contributed by atoms with E-state index in [9.17, 15) is 0 Å². The molecule has 0 radical (unpaired) electrons. The summed E-state index contributed by atoms with van der Waals surface area (Å²) < 4.78 is 5.33. The fourth-order valence-corrected chi connectivity index (χ4v) is 2.32. The second-order valence-corrected chi connectivity index (χ2v) is 4.53. The third-order valence-corrected chi connectivity index (χ3v) is 3.20. The molecule has 0 saturated carbocycles. The number of pyridine rings is 1. The van der Waals surface area contributed by atoms with Crippen molar-refractivity contribution >= 4 is 22.0 Å². The van der Waals surface area contributed by atoms with Crippen LogP contribution in [0.2, 0.25) is 0 Å². The second-order valence-electron chi connectivity index (χ2n) is 4.53. The summed E-state index contributed by atoms with van der Waals surface area (Å²) in [5, 5.41) is 12.5. The van der Waals surface area contributed by atoms with Crippen LogP contribution in [0.4, 0.5) is 0 Å². The number of rotatable bonds is 1. The van der Waals surface area contributed by atoms with Crippen LogP contribution in [0.1, 0.15) is 5.56 Å². The van der Waals surface area contributed by atoms with Gasteiger partial charge in [0, 0.05) is 5.56 Å². The number of aryl methyl sites for hydroxylation is 1. The molecule has 19 heavy (non-hydrogen) atoms. The maximum absolute atomic E-state index is 5.33. The largest absolute Gasteiger partial charge is 0.355 e. The maximum Gasteiger partial charge on any atom is 0.181 e. The number of aromatic nitrogens is 4. The Hall–Kier alpha value is -2.69. The summed E-state index contributed by atoms with van der Waals surface area (Å²) >= 11 is 0. The van der Waals surface area contributed by atoms with Crippen LogP contribution in [0.3, 0.4) is 0 Å². The first kappa shape index (κ1) is 10.3. The Morgan fingerprint density at radius 3 is 3.00 bits per heavy atom. The average Bonchev–Trinajstić information content (AvgIpc) is 3.05. The van der Waals surface area contributed by atoms with Crippen LogP contribution in [0, 0.1) is 6.92 Å². The van der Waals surface area contributed by atoms with Gasteiger partial charge in [-0.2, -0.15) is 5.10 Å². The summed E-state index contributed by atoms with van der Waals surface area (Å²) in [7, 11) is 0. The van der Waals surface area contributed by atoms with Crippen LogP contribution in [0.25, 0.3) is 33.3 Å². The van der Waals surface area contributed by atoms with Crippen molar-refractivity contribution in [3.63, 3.8) is 0 Å². The lowest BCUT2D eigenvalue weighted by Crippen LogP contribution is -1.87. The van der Waals surface area contributed by atoms with Gasteiger partial charge in [0.25, 0.3) is 0 Å². The second kappa shape index (κ2) is 3.65. The maximum atomic E-state index is 5.33. The number of nitrogens with one attached hydrogen (secondary N) is 1. The Morgan fingerprint density at radius 1 is 1.16 bits per heavy atom. The highest BCUT2D eigenvalue weighted by Crippen LogP contribution is 2.31. The molecule has 5 nitrogen and oxygen atoms in total. The highest BCUT2D eigenvalue weighted by atomic mass is 16.5. The molecule has 0 unspecified atom stereocenters. The van der Waals surface area contributed by atoms with E-state index < -0.39 is 0 Å². The Morgan fingerprint density at radius 2 is 2.11 bits per heavy atom. The minimum absolute atomic E-state index is 0.709. The SMILES string of the molecule is Cc1cccc(-c2nc3[nH]ncc3c3oncc23)c1. The van der Waals surface area contributed by atoms with Crippen LogP contribution in [0.15, 0.2) is 41.2 Å². The zero-order chi connectivity index (χ0) is 12.8. The van der Waals surface area contributed by atoms with E-state index in [2.05, 4.69) is 39.4 Å². The van der Waals surface area contributed by atoms with E-state index in [-0.39, 0.29) is 0 Å². The molecule has 0 aliphatic rings. The number of hydrogen-bond acceptors (Lipinski definition) is 4. The Kier molecular flexibility index (Phi) is 1.97. The number of benzene rings is 1. The van der Waals surface area contributed by atoms with Crippen LogP contribution in [-0.4, -0.2) is 20.3 Å². The van der Waals surface area contributed by atoms with Gasteiger partial charge in [-0.1, -0.05) is 28.9 Å². The summed E-state index contributed by atoms with van der Waals surface area (Å²) in [4.78, 5) is 4.63. The van der Waals surface area contributed by atoms with Crippen LogP contribution in [0.5, 0.6) is 0 Å². The topological polar surface area (TPSA) is 67.6 Å². The van der Waals surface area contributed by atoms with E-state index in [1.807, 2.05) is 12.1 Å². The van der Waals surface area contributed by atoms with Gasteiger partial charge in [0.15, 0.2) is 11.2 Å². The van der Waals surface area contributed by atoms with E-state index in [1.165, 1.54) is 5.56 Å². The van der Waals surface area contributed by atoms with Gasteiger partial charge in [0.05, 0.1) is 28.9 Å². The van der Waals surface area contributed by atoms with Gasteiger partial charge in [-0.25, -0.2) is 4.98 Å². The van der Waals surface area contributed by atoms with Crippen molar-refractivity contribution in [1.29, 1.82) is 0 Å². The van der Waals surface area contributed by atoms with E-state index in [1.54, 1.807) is 12.4 Å². The van der Waals surface area contributed by atoms with E-state index in [0.29, 0.717) is 5.65 Å². The molecule has 0 aliphatic carbocycles. The van der Waals surface area contributed by atoms with Crippen LogP contribution in [-0.2, 0) is 0 Å². The molecule has 4 rings (SSSR count). The molecule has 0 fully saturated rings. The quantitative estimate of drug-likeness (QED) is 0.563. The average molecular weight is 250 g/mol. The lowest BCUT2D eigenvalue weighted by Gasteiger charge is -2.03. The molecule has 0 aliphatic heterocycles. The van der Waals surface area contributed by atoms with Crippen molar-refractivity contribution in [2.45, 2.75) is 6.92 Å². The standard InChI is InChI=1S/C14H10N4O/c1-8-3-2-4-9(5-8)12-10-7-16-19-13(10)11-6-15-18-14(11)17-12/h2-7H,1H3,(H,15,17,18). The zero-order valence-electron chi connectivity index (χ0n) is 10.2. The molecule has 1 N–H and O–H groups in total. The van der Waals surface area contributed by atoms with Crippen molar-refractivity contribution in [2.24, 2.45) is 0 Å². The Bertz CT molecular complexity index is 891. The van der Waals surface area contributed by atoms with Crippen molar-refractivity contribution in [1.82, 2.24) is 20.3 Å². The first-order valence-corrected chi connectivity index (χ1v) is 5.97. The summed E-state index contributed by atoms with van der Waals surface area (Å²) in [6.45, 7) is 2.06. The minimum atomic E-state index is 0.709. The predicted octanol–water partition coefficient (Wildman–Crippen LogP) is 3.07. The lowest BCUT2D eigenvalue weighted by molar-refractivity contribution is 0.458. The van der Waals surface area contributed by atoms with Crippen molar-refractivity contribution in [2.75, 3.05) is 0 Å². The van der Waals surface area contributed by atoms with Gasteiger partial charge < -0.3 is 4.52 Å². The molecular weight excluding hydrogens is 240 g/mol. The first-order chi connectivity index (χ1) is 9.33.